The van der Waals surface area contributed by atoms with Crippen LogP contribution in [0.2, 0.25) is 5.02 Å². The molecule has 2 saturated carbocycles. The lowest BCUT2D eigenvalue weighted by molar-refractivity contribution is -0.189. The highest BCUT2D eigenvalue weighted by Gasteiger charge is 2.63. The molecule has 0 aliphatic heterocycles. The van der Waals surface area contributed by atoms with Crippen molar-refractivity contribution in [3.05, 3.63) is 34.9 Å². The summed E-state index contributed by atoms with van der Waals surface area (Å²) in [6, 6.07) is 6.41. The van der Waals surface area contributed by atoms with Crippen molar-refractivity contribution < 1.29 is 19.8 Å². The second-order valence-corrected chi connectivity index (χ2v) is 7.42. The minimum Gasteiger partial charge on any atom is -0.392 e. The van der Waals surface area contributed by atoms with Gasteiger partial charge in [-0.15, -0.1) is 0 Å². The third kappa shape index (κ3) is 2.44. The molecule has 3 rings (SSSR count). The van der Waals surface area contributed by atoms with Gasteiger partial charge < -0.3 is 10.2 Å². The molecule has 4 atom stereocenters. The third-order valence-electron chi connectivity index (χ3n) is 5.78. The molecule has 5 heteroatoms. The molecule has 0 amide bonds. The van der Waals surface area contributed by atoms with Crippen LogP contribution in [0.15, 0.2) is 24.3 Å². The summed E-state index contributed by atoms with van der Waals surface area (Å²) < 4.78 is 0. The Morgan fingerprint density at radius 3 is 2.57 bits per heavy atom. The van der Waals surface area contributed by atoms with Crippen molar-refractivity contribution in [2.75, 3.05) is 0 Å². The fourth-order valence-corrected chi connectivity index (χ4v) is 4.40. The molecule has 0 spiro atoms. The van der Waals surface area contributed by atoms with Crippen molar-refractivity contribution in [1.29, 1.82) is 0 Å². The van der Waals surface area contributed by atoms with Crippen LogP contribution in [0.3, 0.4) is 0 Å². The van der Waals surface area contributed by atoms with Gasteiger partial charge in [0.05, 0.1) is 23.0 Å². The Hall–Kier alpha value is -1.23. The first-order valence-corrected chi connectivity index (χ1v) is 8.41. The van der Waals surface area contributed by atoms with Crippen LogP contribution < -0.4 is 0 Å². The topological polar surface area (TPSA) is 74.6 Å². The van der Waals surface area contributed by atoms with Crippen LogP contribution in [-0.2, 0) is 4.79 Å². The predicted molar refractivity (Wildman–Crippen MR) is 86.4 cm³/mol. The molecule has 1 aromatic rings. The molecule has 1 aromatic carbocycles. The number of aliphatic hydroxyl groups is 2. The Morgan fingerprint density at radius 1 is 1.26 bits per heavy atom. The highest BCUT2D eigenvalue weighted by molar-refractivity contribution is 6.30. The van der Waals surface area contributed by atoms with Crippen molar-refractivity contribution in [2.24, 2.45) is 11.3 Å². The molecule has 124 valence electrons. The number of carbonyl (C=O) groups excluding carboxylic acids is 2. The molecule has 4 nitrogen and oxygen atoms in total. The SMILES string of the molecule is C[C@]12CC[C@@H](O)[C@H](C(=O)c3ccc(Cl)cc3)[C@@]1(O)CCCC2=O. The second-order valence-electron chi connectivity index (χ2n) is 6.99. The molecule has 0 bridgehead atoms. The first kappa shape index (κ1) is 16.6. The van der Waals surface area contributed by atoms with Gasteiger partial charge in [0.25, 0.3) is 0 Å². The van der Waals surface area contributed by atoms with Crippen LogP contribution in [-0.4, -0.2) is 33.5 Å². The monoisotopic (exact) mass is 336 g/mol. The Balaban J connectivity index is 2.03. The van der Waals surface area contributed by atoms with E-state index in [0.717, 1.165) is 0 Å². The standard InChI is InChI=1S/C18H21ClO4/c1-17-10-8-13(20)15(18(17,23)9-2-3-14(17)21)16(22)11-4-6-12(19)7-5-11/h4-7,13,15,20,23H,2-3,8-10H2,1H3/t13-,15-,17-,18+/m1/s1. The zero-order valence-corrected chi connectivity index (χ0v) is 13.8. The highest BCUT2D eigenvalue weighted by atomic mass is 35.5. The number of rotatable bonds is 2. The molecular weight excluding hydrogens is 316 g/mol. The molecule has 0 heterocycles. The normalized spacial score (nSPS) is 37.3. The summed E-state index contributed by atoms with van der Waals surface area (Å²) in [4.78, 5) is 25.4. The molecule has 0 saturated heterocycles. The lowest BCUT2D eigenvalue weighted by Gasteiger charge is -2.55. The summed E-state index contributed by atoms with van der Waals surface area (Å²) in [5, 5.41) is 22.3. The van der Waals surface area contributed by atoms with E-state index >= 15 is 0 Å². The van der Waals surface area contributed by atoms with Crippen molar-refractivity contribution in [3.8, 4) is 0 Å². The van der Waals surface area contributed by atoms with Crippen molar-refractivity contribution in [1.82, 2.24) is 0 Å². The molecule has 0 aromatic heterocycles. The highest BCUT2D eigenvalue weighted by Crippen LogP contribution is 2.54. The largest absolute Gasteiger partial charge is 0.392 e. The number of ketones is 2. The first-order chi connectivity index (χ1) is 10.8. The maximum atomic E-state index is 13.0. The lowest BCUT2D eigenvalue weighted by atomic mass is 9.51. The van der Waals surface area contributed by atoms with Gasteiger partial charge in [-0.3, -0.25) is 9.59 Å². The summed E-state index contributed by atoms with van der Waals surface area (Å²) in [5.74, 6) is -1.31. The summed E-state index contributed by atoms with van der Waals surface area (Å²) in [7, 11) is 0. The molecular formula is C18H21ClO4. The first-order valence-electron chi connectivity index (χ1n) is 8.03. The quantitative estimate of drug-likeness (QED) is 0.814. The Morgan fingerprint density at radius 2 is 1.91 bits per heavy atom. The Kier molecular flexibility index (Phi) is 4.11. The summed E-state index contributed by atoms with van der Waals surface area (Å²) in [5.41, 5.74) is -2.05. The number of fused-ring (bicyclic) bond motifs is 1. The van der Waals surface area contributed by atoms with E-state index in [-0.39, 0.29) is 11.6 Å². The van der Waals surface area contributed by atoms with Crippen LogP contribution in [0.5, 0.6) is 0 Å². The van der Waals surface area contributed by atoms with E-state index in [1.54, 1.807) is 31.2 Å². The molecule has 2 aliphatic carbocycles. The van der Waals surface area contributed by atoms with E-state index in [2.05, 4.69) is 0 Å². The maximum absolute atomic E-state index is 13.0. The summed E-state index contributed by atoms with van der Waals surface area (Å²) >= 11 is 5.86. The van der Waals surface area contributed by atoms with E-state index in [9.17, 15) is 19.8 Å². The van der Waals surface area contributed by atoms with Gasteiger partial charge in [0.15, 0.2) is 5.78 Å². The molecule has 0 unspecified atom stereocenters. The molecule has 2 N–H and O–H groups in total. The number of carbonyl (C=O) groups is 2. The van der Waals surface area contributed by atoms with Gasteiger partial charge in [-0.25, -0.2) is 0 Å². The fraction of sp³-hybridized carbons (Fsp3) is 0.556. The second kappa shape index (κ2) is 5.69. The van der Waals surface area contributed by atoms with Gasteiger partial charge in [0.1, 0.15) is 5.78 Å². The maximum Gasteiger partial charge on any atom is 0.171 e. The fourth-order valence-electron chi connectivity index (χ4n) is 4.27. The zero-order valence-electron chi connectivity index (χ0n) is 13.1. The summed E-state index contributed by atoms with van der Waals surface area (Å²) in [6.45, 7) is 1.74. The molecule has 23 heavy (non-hydrogen) atoms. The summed E-state index contributed by atoms with van der Waals surface area (Å²) in [6.07, 6.45) is 1.14. The van der Waals surface area contributed by atoms with Crippen LogP contribution in [0.25, 0.3) is 0 Å². The van der Waals surface area contributed by atoms with Crippen LogP contribution in [0, 0.1) is 11.3 Å². The van der Waals surface area contributed by atoms with Crippen LogP contribution in [0.4, 0.5) is 0 Å². The minimum atomic E-state index is -1.49. The third-order valence-corrected chi connectivity index (χ3v) is 6.04. The van der Waals surface area contributed by atoms with Crippen LogP contribution >= 0.6 is 11.6 Å². The number of halogens is 1. The number of Topliss-reactive ketones (excluding diaryl/α,β-unsaturated/α-hetero) is 2. The number of hydrogen-bond donors (Lipinski definition) is 2. The van der Waals surface area contributed by atoms with E-state index in [0.29, 0.717) is 42.7 Å². The Labute approximate surface area is 140 Å². The smallest absolute Gasteiger partial charge is 0.171 e. The van der Waals surface area contributed by atoms with Gasteiger partial charge in [0.2, 0.25) is 0 Å². The van der Waals surface area contributed by atoms with Gasteiger partial charge in [-0.1, -0.05) is 11.6 Å². The average molecular weight is 337 g/mol. The lowest BCUT2D eigenvalue weighted by Crippen LogP contribution is -2.65. The van der Waals surface area contributed by atoms with E-state index in [1.807, 2.05) is 0 Å². The van der Waals surface area contributed by atoms with Gasteiger partial charge in [-0.05, 0) is 56.9 Å². The van der Waals surface area contributed by atoms with Crippen molar-refractivity contribution >= 4 is 23.2 Å². The zero-order chi connectivity index (χ0) is 16.8. The molecule has 2 aliphatic rings. The van der Waals surface area contributed by atoms with Crippen LogP contribution in [0.1, 0.15) is 49.4 Å². The number of hydrogen-bond acceptors (Lipinski definition) is 4. The average Bonchev–Trinajstić information content (AvgIpc) is 2.51. The minimum absolute atomic E-state index is 0.00736. The Bertz CT molecular complexity index is 641. The number of aliphatic hydroxyl groups excluding tert-OH is 1. The van der Waals surface area contributed by atoms with Gasteiger partial charge in [0, 0.05) is 17.0 Å². The predicted octanol–water partition coefficient (Wildman–Crippen LogP) is 2.78. The van der Waals surface area contributed by atoms with E-state index in [4.69, 9.17) is 11.6 Å². The molecule has 0 radical (unpaired) electrons. The van der Waals surface area contributed by atoms with Gasteiger partial charge in [-0.2, -0.15) is 0 Å². The number of benzene rings is 1. The molecule has 2 fully saturated rings. The van der Waals surface area contributed by atoms with Crippen molar-refractivity contribution in [3.63, 3.8) is 0 Å². The van der Waals surface area contributed by atoms with E-state index in [1.165, 1.54) is 0 Å². The van der Waals surface area contributed by atoms with Gasteiger partial charge >= 0.3 is 0 Å². The van der Waals surface area contributed by atoms with E-state index < -0.39 is 23.0 Å². The van der Waals surface area contributed by atoms with Crippen molar-refractivity contribution in [2.45, 2.75) is 50.7 Å².